The number of aryl methyl sites for hydroxylation is 1. The molecule has 0 atom stereocenters. The zero-order valence-corrected chi connectivity index (χ0v) is 19.6. The molecule has 0 spiro atoms. The van der Waals surface area contributed by atoms with Crippen LogP contribution in [0.15, 0.2) is 71.4 Å². The third-order valence-electron chi connectivity index (χ3n) is 5.52. The first kappa shape index (κ1) is 22.5. The predicted octanol–water partition coefficient (Wildman–Crippen LogP) is 7.12. The lowest BCUT2D eigenvalue weighted by atomic mass is 9.96. The van der Waals surface area contributed by atoms with Crippen LogP contribution < -0.4 is 14.8 Å². The molecule has 4 rings (SSSR count). The Balaban J connectivity index is 1.75. The second-order valence-electron chi connectivity index (χ2n) is 7.64. The van der Waals surface area contributed by atoms with Gasteiger partial charge in [-0.25, -0.2) is 0 Å². The maximum Gasteiger partial charge on any atom is 0.248 e. The molecule has 1 aromatic heterocycles. The first-order valence-electron chi connectivity index (χ1n) is 10.4. The lowest BCUT2D eigenvalue weighted by Gasteiger charge is -2.14. The van der Waals surface area contributed by atoms with Crippen molar-refractivity contribution in [2.24, 2.45) is 0 Å². The number of carbonyl (C=O) groups excluding carboxylic acids is 1. The summed E-state index contributed by atoms with van der Waals surface area (Å²) in [6.45, 7) is 3.83. The largest absolute Gasteiger partial charge is 0.496 e. The zero-order chi connectivity index (χ0) is 23.5. The molecular formula is C27H24ClNO4. The van der Waals surface area contributed by atoms with Crippen LogP contribution in [0.4, 0.5) is 5.69 Å². The van der Waals surface area contributed by atoms with Crippen LogP contribution >= 0.6 is 11.6 Å². The van der Waals surface area contributed by atoms with Crippen molar-refractivity contribution < 1.29 is 18.7 Å². The number of amides is 1. The van der Waals surface area contributed by atoms with Gasteiger partial charge in [-0.1, -0.05) is 41.9 Å². The third kappa shape index (κ3) is 4.45. The Kier molecular flexibility index (Phi) is 6.43. The van der Waals surface area contributed by atoms with Crippen molar-refractivity contribution in [1.82, 2.24) is 0 Å². The highest BCUT2D eigenvalue weighted by atomic mass is 35.5. The van der Waals surface area contributed by atoms with Crippen molar-refractivity contribution in [3.8, 4) is 22.6 Å². The maximum absolute atomic E-state index is 12.8. The van der Waals surface area contributed by atoms with Crippen molar-refractivity contribution >= 4 is 39.7 Å². The zero-order valence-electron chi connectivity index (χ0n) is 18.9. The number of hydrogen-bond acceptors (Lipinski definition) is 4. The molecule has 1 N–H and O–H groups in total. The Morgan fingerprint density at radius 3 is 2.52 bits per heavy atom. The Bertz CT molecular complexity index is 1360. The standard InChI is InChI=1S/C27H24ClNO4/c1-16(12-25(30)29-23-13-19(28)10-11-24(23)31-3)20-14-21-22(18-8-6-5-7-9-18)15-33-27(21)17(2)26(20)32-4/h5-15H,1-4H3,(H,29,30)/b16-12+. The van der Waals surface area contributed by atoms with Crippen molar-refractivity contribution in [2.45, 2.75) is 13.8 Å². The van der Waals surface area contributed by atoms with E-state index in [2.05, 4.69) is 5.32 Å². The van der Waals surface area contributed by atoms with Crippen LogP contribution in [-0.4, -0.2) is 20.1 Å². The van der Waals surface area contributed by atoms with Gasteiger partial charge in [0.2, 0.25) is 5.91 Å². The van der Waals surface area contributed by atoms with Gasteiger partial charge in [-0.3, -0.25) is 4.79 Å². The molecule has 0 aliphatic heterocycles. The molecule has 5 nitrogen and oxygen atoms in total. The summed E-state index contributed by atoms with van der Waals surface area (Å²) >= 11 is 6.08. The normalized spacial score (nSPS) is 11.5. The minimum Gasteiger partial charge on any atom is -0.496 e. The molecule has 0 unspecified atom stereocenters. The predicted molar refractivity (Wildman–Crippen MR) is 133 cm³/mol. The third-order valence-corrected chi connectivity index (χ3v) is 5.76. The summed E-state index contributed by atoms with van der Waals surface area (Å²) in [5.74, 6) is 0.890. The number of allylic oxidation sites excluding steroid dienone is 1. The van der Waals surface area contributed by atoms with E-state index in [1.165, 1.54) is 13.2 Å². The first-order valence-corrected chi connectivity index (χ1v) is 10.8. The topological polar surface area (TPSA) is 60.7 Å². The molecule has 0 radical (unpaired) electrons. The van der Waals surface area contributed by atoms with Gasteiger partial charge in [0.25, 0.3) is 0 Å². The van der Waals surface area contributed by atoms with Gasteiger partial charge in [0, 0.05) is 33.2 Å². The fourth-order valence-corrected chi connectivity index (χ4v) is 4.11. The molecule has 0 bridgehead atoms. The number of furan rings is 1. The van der Waals surface area contributed by atoms with Crippen molar-refractivity contribution in [3.05, 3.63) is 83.1 Å². The molecule has 0 aliphatic carbocycles. The molecule has 3 aromatic carbocycles. The lowest BCUT2D eigenvalue weighted by Crippen LogP contribution is -2.10. The van der Waals surface area contributed by atoms with E-state index in [-0.39, 0.29) is 5.91 Å². The number of hydrogen-bond donors (Lipinski definition) is 1. The van der Waals surface area contributed by atoms with Gasteiger partial charge < -0.3 is 19.2 Å². The number of carbonyl (C=O) groups is 1. The van der Waals surface area contributed by atoms with E-state index in [0.717, 1.165) is 38.8 Å². The van der Waals surface area contributed by atoms with Gasteiger partial charge in [0.1, 0.15) is 17.1 Å². The molecule has 1 amide bonds. The van der Waals surface area contributed by atoms with Gasteiger partial charge >= 0.3 is 0 Å². The number of ether oxygens (including phenoxy) is 2. The number of anilines is 1. The van der Waals surface area contributed by atoms with Gasteiger partial charge in [0.05, 0.1) is 26.2 Å². The number of fused-ring (bicyclic) bond motifs is 1. The average molecular weight is 462 g/mol. The number of benzene rings is 3. The van der Waals surface area contributed by atoms with Crippen LogP contribution in [0.2, 0.25) is 5.02 Å². The highest BCUT2D eigenvalue weighted by molar-refractivity contribution is 6.31. The number of methoxy groups -OCH3 is 2. The van der Waals surface area contributed by atoms with E-state index in [1.807, 2.05) is 50.2 Å². The molecular weight excluding hydrogens is 438 g/mol. The highest BCUT2D eigenvalue weighted by Crippen LogP contribution is 2.40. The van der Waals surface area contributed by atoms with Gasteiger partial charge in [-0.15, -0.1) is 0 Å². The monoisotopic (exact) mass is 461 g/mol. The minimum atomic E-state index is -0.302. The second kappa shape index (κ2) is 9.43. The van der Waals surface area contributed by atoms with E-state index in [0.29, 0.717) is 22.2 Å². The molecule has 1 heterocycles. The summed E-state index contributed by atoms with van der Waals surface area (Å²) < 4.78 is 16.9. The molecule has 168 valence electrons. The molecule has 0 aliphatic rings. The van der Waals surface area contributed by atoms with Gasteiger partial charge in [-0.2, -0.15) is 0 Å². The van der Waals surface area contributed by atoms with Crippen molar-refractivity contribution in [2.75, 3.05) is 19.5 Å². The van der Waals surface area contributed by atoms with E-state index in [1.54, 1.807) is 31.6 Å². The fraction of sp³-hybridized carbons (Fsp3) is 0.148. The summed E-state index contributed by atoms with van der Waals surface area (Å²) in [5.41, 5.74) is 5.73. The van der Waals surface area contributed by atoms with Gasteiger partial charge in [-0.05, 0) is 49.2 Å². The molecule has 0 fully saturated rings. The Hall–Kier alpha value is -3.70. The molecule has 4 aromatic rings. The SMILES string of the molecule is COc1ccc(Cl)cc1NC(=O)/C=C(\C)c1cc2c(-c3ccccc3)coc2c(C)c1OC. The molecule has 33 heavy (non-hydrogen) atoms. The van der Waals surface area contributed by atoms with Gasteiger partial charge in [0.15, 0.2) is 0 Å². The molecule has 0 saturated carbocycles. The summed E-state index contributed by atoms with van der Waals surface area (Å²) in [4.78, 5) is 12.8. The van der Waals surface area contributed by atoms with E-state index < -0.39 is 0 Å². The fourth-order valence-electron chi connectivity index (χ4n) is 3.93. The van der Waals surface area contributed by atoms with Crippen molar-refractivity contribution in [1.29, 1.82) is 0 Å². The van der Waals surface area contributed by atoms with Crippen LogP contribution in [0.1, 0.15) is 18.1 Å². The smallest absolute Gasteiger partial charge is 0.248 e. The summed E-state index contributed by atoms with van der Waals surface area (Å²) in [5, 5.41) is 4.30. The summed E-state index contributed by atoms with van der Waals surface area (Å²) in [6, 6.07) is 17.1. The van der Waals surface area contributed by atoms with E-state index in [4.69, 9.17) is 25.5 Å². The number of halogens is 1. The summed E-state index contributed by atoms with van der Waals surface area (Å²) in [7, 11) is 3.15. The van der Waals surface area contributed by atoms with E-state index >= 15 is 0 Å². The maximum atomic E-state index is 12.8. The lowest BCUT2D eigenvalue weighted by molar-refractivity contribution is -0.111. The summed E-state index contributed by atoms with van der Waals surface area (Å²) in [6.07, 6.45) is 3.29. The Morgan fingerprint density at radius 1 is 1.06 bits per heavy atom. The van der Waals surface area contributed by atoms with Crippen LogP contribution in [0.25, 0.3) is 27.7 Å². The molecule has 6 heteroatoms. The highest BCUT2D eigenvalue weighted by Gasteiger charge is 2.19. The van der Waals surface area contributed by atoms with Crippen LogP contribution in [0, 0.1) is 6.92 Å². The average Bonchev–Trinajstić information content (AvgIpc) is 3.24. The number of rotatable bonds is 6. The Labute approximate surface area is 197 Å². The van der Waals surface area contributed by atoms with Crippen LogP contribution in [0.3, 0.4) is 0 Å². The second-order valence-corrected chi connectivity index (χ2v) is 8.07. The van der Waals surface area contributed by atoms with Crippen LogP contribution in [0.5, 0.6) is 11.5 Å². The number of nitrogens with one attached hydrogen (secondary N) is 1. The van der Waals surface area contributed by atoms with Crippen LogP contribution in [-0.2, 0) is 4.79 Å². The quantitative estimate of drug-likeness (QED) is 0.310. The molecule has 0 saturated heterocycles. The first-order chi connectivity index (χ1) is 15.9. The Morgan fingerprint density at radius 2 is 1.82 bits per heavy atom. The minimum absolute atomic E-state index is 0.302. The van der Waals surface area contributed by atoms with E-state index in [9.17, 15) is 4.79 Å². The van der Waals surface area contributed by atoms with Crippen molar-refractivity contribution in [3.63, 3.8) is 0 Å².